The van der Waals surface area contributed by atoms with Gasteiger partial charge in [-0.1, -0.05) is 109 Å². The molecule has 0 bridgehead atoms. The van der Waals surface area contributed by atoms with E-state index in [4.69, 9.17) is 0 Å². The van der Waals surface area contributed by atoms with Crippen molar-refractivity contribution in [3.63, 3.8) is 0 Å². The second-order valence-electron chi connectivity index (χ2n) is 8.64. The van der Waals surface area contributed by atoms with Gasteiger partial charge >= 0.3 is 0 Å². The third-order valence-electron chi connectivity index (χ3n) is 6.20. The molecule has 0 fully saturated rings. The maximum absolute atomic E-state index is 13.1. The van der Waals surface area contributed by atoms with E-state index in [0.717, 1.165) is 48.1 Å². The average Bonchev–Trinajstić information content (AvgIpc) is 2.93. The van der Waals surface area contributed by atoms with Gasteiger partial charge in [-0.25, -0.2) is 8.42 Å². The van der Waals surface area contributed by atoms with Crippen molar-refractivity contribution >= 4 is 15.4 Å². The van der Waals surface area contributed by atoms with Crippen molar-refractivity contribution in [2.24, 2.45) is 0 Å². The van der Waals surface area contributed by atoms with Crippen LogP contribution in [0.25, 0.3) is 5.57 Å². The third-order valence-corrected chi connectivity index (χ3v) is 8.23. The van der Waals surface area contributed by atoms with Gasteiger partial charge < -0.3 is 0 Å². The molecule has 0 amide bonds. The van der Waals surface area contributed by atoms with Gasteiger partial charge in [0.25, 0.3) is 0 Å². The highest BCUT2D eigenvalue weighted by Crippen LogP contribution is 2.43. The van der Waals surface area contributed by atoms with Gasteiger partial charge in [0, 0.05) is 0 Å². The van der Waals surface area contributed by atoms with Crippen molar-refractivity contribution in [1.82, 2.24) is 0 Å². The average molecular weight is 419 g/mol. The first-order valence-electron chi connectivity index (χ1n) is 12.2. The van der Waals surface area contributed by atoms with Crippen LogP contribution in [0.15, 0.2) is 34.1 Å². The topological polar surface area (TPSA) is 34.1 Å². The maximum Gasteiger partial charge on any atom is 0.203 e. The van der Waals surface area contributed by atoms with E-state index in [1.54, 1.807) is 6.07 Å². The Bertz CT molecular complexity index is 731. The van der Waals surface area contributed by atoms with E-state index < -0.39 is 9.84 Å². The van der Waals surface area contributed by atoms with Crippen LogP contribution in [0.3, 0.4) is 0 Å². The molecule has 1 aliphatic heterocycles. The molecule has 0 saturated heterocycles. The molecule has 0 atom stereocenters. The van der Waals surface area contributed by atoms with E-state index in [2.05, 4.69) is 13.8 Å². The van der Waals surface area contributed by atoms with Crippen LogP contribution in [0.5, 0.6) is 0 Å². The normalized spacial score (nSPS) is 15.1. The van der Waals surface area contributed by atoms with Gasteiger partial charge in [-0.3, -0.25) is 0 Å². The van der Waals surface area contributed by atoms with Gasteiger partial charge in [0.1, 0.15) is 0 Å². The second kappa shape index (κ2) is 13.3. The van der Waals surface area contributed by atoms with Crippen molar-refractivity contribution in [1.29, 1.82) is 0 Å². The molecule has 0 unspecified atom stereocenters. The summed E-state index contributed by atoms with van der Waals surface area (Å²) in [6.07, 6.45) is 19.0. The fraction of sp³-hybridized carbons (Fsp3) is 0.692. The van der Waals surface area contributed by atoms with Crippen LogP contribution in [0.4, 0.5) is 0 Å². The smallest absolute Gasteiger partial charge is 0.203 e. The van der Waals surface area contributed by atoms with E-state index in [0.29, 0.717) is 4.90 Å². The molecule has 29 heavy (non-hydrogen) atoms. The van der Waals surface area contributed by atoms with Crippen LogP contribution in [0.2, 0.25) is 0 Å². The first-order chi connectivity index (χ1) is 14.1. The number of fused-ring (bicyclic) bond motifs is 1. The van der Waals surface area contributed by atoms with E-state index in [1.165, 1.54) is 70.6 Å². The number of unbranched alkanes of at least 4 members (excludes halogenated alkanes) is 12. The summed E-state index contributed by atoms with van der Waals surface area (Å²) in [5.74, 6) is 0. The van der Waals surface area contributed by atoms with Crippen molar-refractivity contribution in [2.75, 3.05) is 0 Å². The van der Waals surface area contributed by atoms with Gasteiger partial charge in [-0.05, 0) is 42.9 Å². The third kappa shape index (κ3) is 7.27. The minimum absolute atomic E-state index is 0.552. The molecule has 164 valence electrons. The Hall–Kier alpha value is -1.09. The molecule has 1 heterocycles. The van der Waals surface area contributed by atoms with Crippen LogP contribution in [0.1, 0.15) is 122 Å². The van der Waals surface area contributed by atoms with Crippen LogP contribution in [-0.2, 0) is 9.84 Å². The molecule has 0 spiro atoms. The molecule has 0 saturated carbocycles. The Kier molecular flexibility index (Phi) is 11.1. The predicted molar refractivity (Wildman–Crippen MR) is 126 cm³/mol. The first kappa shape index (κ1) is 24.2. The minimum Gasteiger partial charge on any atom is -0.219 e. The fourth-order valence-electron chi connectivity index (χ4n) is 4.46. The molecule has 1 aliphatic rings. The lowest BCUT2D eigenvalue weighted by Crippen LogP contribution is -2.01. The van der Waals surface area contributed by atoms with Gasteiger partial charge in [0.2, 0.25) is 9.84 Å². The van der Waals surface area contributed by atoms with E-state index in [9.17, 15) is 8.42 Å². The lowest BCUT2D eigenvalue weighted by Gasteiger charge is -2.08. The summed E-state index contributed by atoms with van der Waals surface area (Å²) in [5.41, 5.74) is 2.11. The number of hydrogen-bond acceptors (Lipinski definition) is 2. The number of hydrogen-bond donors (Lipinski definition) is 0. The first-order valence-corrected chi connectivity index (χ1v) is 13.7. The molecule has 2 nitrogen and oxygen atoms in total. The van der Waals surface area contributed by atoms with Gasteiger partial charge in [-0.2, -0.15) is 0 Å². The number of benzene rings is 1. The standard InChI is InChI=1S/C26H42O2S/c1-3-5-7-9-11-13-15-19-23-24-20-17-18-22-26(24)29(27,28)25(23)21-16-14-12-10-8-6-4-2/h17-18,20,22H,3-16,19,21H2,1-2H3. The second-order valence-corrected chi connectivity index (χ2v) is 10.6. The van der Waals surface area contributed by atoms with Gasteiger partial charge in [0.15, 0.2) is 0 Å². The molecule has 0 N–H and O–H groups in total. The number of sulfone groups is 1. The van der Waals surface area contributed by atoms with E-state index >= 15 is 0 Å². The summed E-state index contributed by atoms with van der Waals surface area (Å²) in [7, 11) is -3.27. The molecule has 1 aromatic carbocycles. The number of allylic oxidation sites excluding steroid dienone is 2. The lowest BCUT2D eigenvalue weighted by atomic mass is 9.97. The van der Waals surface area contributed by atoms with E-state index in [-0.39, 0.29) is 0 Å². The Morgan fingerprint density at radius 2 is 1.10 bits per heavy atom. The highest BCUT2D eigenvalue weighted by molar-refractivity contribution is 7.96. The van der Waals surface area contributed by atoms with E-state index in [1.807, 2.05) is 18.2 Å². The van der Waals surface area contributed by atoms with Gasteiger partial charge in [-0.15, -0.1) is 0 Å². The summed E-state index contributed by atoms with van der Waals surface area (Å²) >= 11 is 0. The zero-order chi connectivity index (χ0) is 21.0. The molecule has 0 aromatic heterocycles. The summed E-state index contributed by atoms with van der Waals surface area (Å²) in [4.78, 5) is 1.29. The monoisotopic (exact) mass is 418 g/mol. The van der Waals surface area contributed by atoms with Crippen LogP contribution in [0, 0.1) is 0 Å². The zero-order valence-corrected chi connectivity index (χ0v) is 19.7. The molecule has 0 aliphatic carbocycles. The van der Waals surface area contributed by atoms with Crippen molar-refractivity contribution in [2.45, 2.75) is 121 Å². The Morgan fingerprint density at radius 1 is 0.621 bits per heavy atom. The largest absolute Gasteiger partial charge is 0.219 e. The zero-order valence-electron chi connectivity index (χ0n) is 18.8. The van der Waals surface area contributed by atoms with Crippen LogP contribution in [-0.4, -0.2) is 8.42 Å². The minimum atomic E-state index is -3.27. The lowest BCUT2D eigenvalue weighted by molar-refractivity contribution is 0.583. The molecule has 1 aromatic rings. The number of rotatable bonds is 16. The molecule has 0 radical (unpaired) electrons. The van der Waals surface area contributed by atoms with Crippen LogP contribution < -0.4 is 0 Å². The summed E-state index contributed by atoms with van der Waals surface area (Å²) in [6, 6.07) is 7.66. The van der Waals surface area contributed by atoms with Gasteiger partial charge in [0.05, 0.1) is 9.80 Å². The quantitative estimate of drug-likeness (QED) is 0.252. The summed E-state index contributed by atoms with van der Waals surface area (Å²) in [5, 5.41) is 0. The molecule has 3 heteroatoms. The fourth-order valence-corrected chi connectivity index (χ4v) is 6.41. The van der Waals surface area contributed by atoms with Crippen molar-refractivity contribution < 1.29 is 8.42 Å². The Balaban J connectivity index is 1.94. The highest BCUT2D eigenvalue weighted by atomic mass is 32.2. The molecular formula is C26H42O2S. The Labute approximate surface area is 180 Å². The maximum atomic E-state index is 13.1. The molecule has 2 rings (SSSR count). The highest BCUT2D eigenvalue weighted by Gasteiger charge is 2.34. The summed E-state index contributed by atoms with van der Waals surface area (Å²) < 4.78 is 26.3. The summed E-state index contributed by atoms with van der Waals surface area (Å²) in [6.45, 7) is 4.49. The molecular weight excluding hydrogens is 376 g/mol. The van der Waals surface area contributed by atoms with Crippen molar-refractivity contribution in [3.05, 3.63) is 34.7 Å². The Morgan fingerprint density at radius 3 is 1.69 bits per heavy atom. The SMILES string of the molecule is CCCCCCCCCC1=C(CCCCCCCCC)S(=O)(=O)c2ccccc21. The predicted octanol–water partition coefficient (Wildman–Crippen LogP) is 8.47. The van der Waals surface area contributed by atoms with Crippen molar-refractivity contribution in [3.8, 4) is 0 Å². The van der Waals surface area contributed by atoms with Crippen LogP contribution >= 0.6 is 0 Å².